The molecular weight excluding hydrogens is 364 g/mol. The van der Waals surface area contributed by atoms with Crippen molar-refractivity contribution in [2.45, 2.75) is 45.8 Å². The molecule has 0 radical (unpaired) electrons. The lowest BCUT2D eigenvalue weighted by atomic mass is 10.1. The van der Waals surface area contributed by atoms with Crippen molar-refractivity contribution >= 4 is 11.6 Å². The van der Waals surface area contributed by atoms with Crippen molar-refractivity contribution in [1.29, 1.82) is 0 Å². The summed E-state index contributed by atoms with van der Waals surface area (Å²) in [5.74, 6) is -0.103. The van der Waals surface area contributed by atoms with Crippen molar-refractivity contribution in [3.05, 3.63) is 65.2 Å². The number of nitrogens with one attached hydrogen (secondary N) is 1. The van der Waals surface area contributed by atoms with E-state index in [0.29, 0.717) is 11.6 Å². The zero-order valence-electron chi connectivity index (χ0n) is 17.3. The minimum atomic E-state index is -0.103. The first kappa shape index (κ1) is 19.4. The van der Waals surface area contributed by atoms with Crippen LogP contribution in [0.3, 0.4) is 0 Å². The molecule has 1 unspecified atom stereocenters. The first-order chi connectivity index (χ1) is 14.0. The molecule has 1 N–H and O–H groups in total. The molecule has 1 aliphatic heterocycles. The number of hydrogen-bond acceptors (Lipinski definition) is 4. The number of carbonyl (C=O) groups is 1. The lowest BCUT2D eigenvalue weighted by molar-refractivity contribution is 0.102. The Kier molecular flexibility index (Phi) is 5.49. The van der Waals surface area contributed by atoms with Gasteiger partial charge in [0.1, 0.15) is 0 Å². The van der Waals surface area contributed by atoms with Crippen LogP contribution in [0.1, 0.15) is 40.2 Å². The molecule has 3 aromatic rings. The van der Waals surface area contributed by atoms with E-state index in [1.54, 1.807) is 4.68 Å². The Morgan fingerprint density at radius 3 is 2.69 bits per heavy atom. The minimum Gasteiger partial charge on any atom is -0.319 e. The second-order valence-electron chi connectivity index (χ2n) is 7.82. The molecule has 0 bridgehead atoms. The summed E-state index contributed by atoms with van der Waals surface area (Å²) in [6.07, 6.45) is 6.27. The van der Waals surface area contributed by atoms with E-state index in [-0.39, 0.29) is 5.91 Å². The third-order valence-corrected chi connectivity index (χ3v) is 5.81. The Bertz CT molecular complexity index is 974. The number of benzene rings is 1. The number of hydrogen-bond donors (Lipinski definition) is 1. The predicted octanol–water partition coefficient (Wildman–Crippen LogP) is 3.15. The van der Waals surface area contributed by atoms with Crippen LogP contribution in [-0.2, 0) is 20.1 Å². The van der Waals surface area contributed by atoms with E-state index in [1.165, 1.54) is 18.4 Å². The molecule has 0 saturated carbocycles. The summed E-state index contributed by atoms with van der Waals surface area (Å²) in [6, 6.07) is 10.4. The largest absolute Gasteiger partial charge is 0.319 e. The summed E-state index contributed by atoms with van der Waals surface area (Å²) in [5.41, 5.74) is 4.45. The Hall–Kier alpha value is -2.93. The number of aromatic nitrogens is 4. The number of anilines is 1. The van der Waals surface area contributed by atoms with E-state index in [2.05, 4.69) is 32.5 Å². The molecule has 7 heteroatoms. The zero-order valence-corrected chi connectivity index (χ0v) is 17.3. The molecule has 1 fully saturated rings. The molecule has 152 valence electrons. The summed E-state index contributed by atoms with van der Waals surface area (Å²) in [7, 11) is 1.88. The highest BCUT2D eigenvalue weighted by Gasteiger charge is 2.25. The smallest absolute Gasteiger partial charge is 0.255 e. The molecular formula is C22H28N6O. The van der Waals surface area contributed by atoms with Crippen molar-refractivity contribution in [1.82, 2.24) is 24.5 Å². The second-order valence-corrected chi connectivity index (χ2v) is 7.82. The van der Waals surface area contributed by atoms with Gasteiger partial charge in [0.15, 0.2) is 0 Å². The minimum absolute atomic E-state index is 0.103. The van der Waals surface area contributed by atoms with Crippen LogP contribution in [0.25, 0.3) is 0 Å². The predicted molar refractivity (Wildman–Crippen MR) is 113 cm³/mol. The quantitative estimate of drug-likeness (QED) is 0.700. The summed E-state index contributed by atoms with van der Waals surface area (Å²) in [5, 5.41) is 11.7. The number of amides is 1. The van der Waals surface area contributed by atoms with Crippen LogP contribution in [-0.4, -0.2) is 43.0 Å². The first-order valence-electron chi connectivity index (χ1n) is 10.1. The number of rotatable bonds is 6. The van der Waals surface area contributed by atoms with Crippen molar-refractivity contribution in [2.75, 3.05) is 11.9 Å². The van der Waals surface area contributed by atoms with E-state index < -0.39 is 0 Å². The van der Waals surface area contributed by atoms with Gasteiger partial charge in [0, 0.05) is 37.6 Å². The maximum Gasteiger partial charge on any atom is 0.255 e. The fourth-order valence-corrected chi connectivity index (χ4v) is 4.07. The van der Waals surface area contributed by atoms with Crippen molar-refractivity contribution < 1.29 is 4.79 Å². The van der Waals surface area contributed by atoms with Gasteiger partial charge in [0.05, 0.1) is 23.6 Å². The third kappa shape index (κ3) is 4.24. The Balaban J connectivity index is 1.39. The zero-order chi connectivity index (χ0) is 20.4. The molecule has 3 heterocycles. The molecule has 0 spiro atoms. The maximum absolute atomic E-state index is 12.6. The standard InChI is InChI=1S/C22H28N6O/c1-16-21(17(2)26(3)25-16)24-22(29)19-9-7-18(8-10-19)14-27-12-4-6-20(27)15-28-13-5-11-23-28/h5,7-11,13,20H,4,6,12,14-15H2,1-3H3,(H,24,29). The van der Waals surface area contributed by atoms with Gasteiger partial charge in [-0.15, -0.1) is 0 Å². The van der Waals surface area contributed by atoms with Crippen LogP contribution < -0.4 is 5.32 Å². The third-order valence-electron chi connectivity index (χ3n) is 5.81. The summed E-state index contributed by atoms with van der Waals surface area (Å²) >= 11 is 0. The normalized spacial score (nSPS) is 17.0. The Labute approximate surface area is 171 Å². The number of aryl methyl sites for hydroxylation is 2. The molecule has 1 aromatic carbocycles. The van der Waals surface area contributed by atoms with E-state index in [9.17, 15) is 4.79 Å². The second kappa shape index (κ2) is 8.21. The Morgan fingerprint density at radius 1 is 1.24 bits per heavy atom. The fourth-order valence-electron chi connectivity index (χ4n) is 4.07. The van der Waals surface area contributed by atoms with E-state index in [4.69, 9.17) is 0 Å². The lowest BCUT2D eigenvalue weighted by Crippen LogP contribution is -2.32. The molecule has 1 saturated heterocycles. The van der Waals surface area contributed by atoms with Gasteiger partial charge in [-0.3, -0.25) is 19.1 Å². The fraction of sp³-hybridized carbons (Fsp3) is 0.409. The molecule has 7 nitrogen and oxygen atoms in total. The van der Waals surface area contributed by atoms with Gasteiger partial charge in [0.25, 0.3) is 5.91 Å². The van der Waals surface area contributed by atoms with Gasteiger partial charge >= 0.3 is 0 Å². The van der Waals surface area contributed by atoms with Crippen LogP contribution in [0, 0.1) is 13.8 Å². The summed E-state index contributed by atoms with van der Waals surface area (Å²) in [4.78, 5) is 15.2. The monoisotopic (exact) mass is 392 g/mol. The molecule has 1 amide bonds. The lowest BCUT2D eigenvalue weighted by Gasteiger charge is -2.24. The van der Waals surface area contributed by atoms with Gasteiger partial charge < -0.3 is 5.32 Å². The van der Waals surface area contributed by atoms with E-state index in [1.807, 2.05) is 56.2 Å². The van der Waals surface area contributed by atoms with Crippen LogP contribution in [0.15, 0.2) is 42.7 Å². The average Bonchev–Trinajstić information content (AvgIpc) is 3.43. The van der Waals surface area contributed by atoms with Gasteiger partial charge in [-0.2, -0.15) is 10.2 Å². The molecule has 2 aromatic heterocycles. The molecule has 1 aliphatic rings. The SMILES string of the molecule is Cc1nn(C)c(C)c1NC(=O)c1ccc(CN2CCCC2Cn2cccn2)cc1. The Morgan fingerprint density at radius 2 is 2.03 bits per heavy atom. The highest BCUT2D eigenvalue weighted by Crippen LogP contribution is 2.22. The van der Waals surface area contributed by atoms with Gasteiger partial charge in [-0.1, -0.05) is 12.1 Å². The van der Waals surface area contributed by atoms with Crippen molar-refractivity contribution in [3.8, 4) is 0 Å². The van der Waals surface area contributed by atoms with Crippen LogP contribution >= 0.6 is 0 Å². The van der Waals surface area contributed by atoms with E-state index in [0.717, 1.165) is 36.7 Å². The van der Waals surface area contributed by atoms with Crippen LogP contribution in [0.5, 0.6) is 0 Å². The topological polar surface area (TPSA) is 68.0 Å². The van der Waals surface area contributed by atoms with Gasteiger partial charge in [-0.25, -0.2) is 0 Å². The first-order valence-corrected chi connectivity index (χ1v) is 10.1. The van der Waals surface area contributed by atoms with E-state index >= 15 is 0 Å². The molecule has 29 heavy (non-hydrogen) atoms. The van der Waals surface area contributed by atoms with Gasteiger partial charge in [0.2, 0.25) is 0 Å². The number of nitrogens with zero attached hydrogens (tertiary/aromatic N) is 5. The number of likely N-dealkylation sites (tertiary alicyclic amines) is 1. The van der Waals surface area contributed by atoms with Crippen molar-refractivity contribution in [3.63, 3.8) is 0 Å². The van der Waals surface area contributed by atoms with Crippen LogP contribution in [0.2, 0.25) is 0 Å². The molecule has 4 rings (SSSR count). The maximum atomic E-state index is 12.6. The highest BCUT2D eigenvalue weighted by atomic mass is 16.1. The molecule has 0 aliphatic carbocycles. The summed E-state index contributed by atoms with van der Waals surface area (Å²) < 4.78 is 3.79. The van der Waals surface area contributed by atoms with Gasteiger partial charge in [-0.05, 0) is 57.0 Å². The van der Waals surface area contributed by atoms with Crippen LogP contribution in [0.4, 0.5) is 5.69 Å². The molecule has 1 atom stereocenters. The summed E-state index contributed by atoms with van der Waals surface area (Å²) in [6.45, 7) is 6.79. The number of carbonyl (C=O) groups excluding carboxylic acids is 1. The van der Waals surface area contributed by atoms with Crippen molar-refractivity contribution in [2.24, 2.45) is 7.05 Å². The average molecular weight is 393 g/mol. The highest BCUT2D eigenvalue weighted by molar-refractivity contribution is 6.04.